The standard InChI is InChI=1S/C16H14N2O/c1-11(18-19)15-13-9-5-6-10-14(13)17-16(15)12-7-3-2-4-8-12/h2-10,17,19H,1H3. The molecule has 0 fully saturated rings. The number of nitrogens with zero attached hydrogens (tertiary/aromatic N) is 1. The normalized spacial score (nSPS) is 11.9. The monoisotopic (exact) mass is 250 g/mol. The van der Waals surface area contributed by atoms with Crippen LogP contribution in [0.15, 0.2) is 59.8 Å². The molecule has 0 atom stereocenters. The molecule has 0 aliphatic rings. The highest BCUT2D eigenvalue weighted by Crippen LogP contribution is 2.30. The number of hydrogen-bond donors (Lipinski definition) is 2. The molecule has 0 spiro atoms. The zero-order valence-corrected chi connectivity index (χ0v) is 10.6. The van der Waals surface area contributed by atoms with Gasteiger partial charge in [-0.3, -0.25) is 0 Å². The van der Waals surface area contributed by atoms with Crippen LogP contribution in [0, 0.1) is 0 Å². The number of oxime groups is 1. The summed E-state index contributed by atoms with van der Waals surface area (Å²) in [4.78, 5) is 3.40. The first-order valence-corrected chi connectivity index (χ1v) is 6.16. The Kier molecular flexibility index (Phi) is 2.80. The van der Waals surface area contributed by atoms with E-state index in [1.165, 1.54) is 0 Å². The van der Waals surface area contributed by atoms with Gasteiger partial charge in [-0.1, -0.05) is 53.7 Å². The van der Waals surface area contributed by atoms with Gasteiger partial charge in [0.05, 0.1) is 11.4 Å². The highest BCUT2D eigenvalue weighted by atomic mass is 16.4. The molecular formula is C16H14N2O. The van der Waals surface area contributed by atoms with Crippen LogP contribution in [-0.4, -0.2) is 15.9 Å². The molecule has 0 saturated heterocycles. The summed E-state index contributed by atoms with van der Waals surface area (Å²) in [6, 6.07) is 18.1. The first-order chi connectivity index (χ1) is 9.31. The Morgan fingerprint density at radius 3 is 2.42 bits per heavy atom. The maximum atomic E-state index is 9.11. The molecule has 0 aliphatic carbocycles. The largest absolute Gasteiger partial charge is 0.411 e. The minimum Gasteiger partial charge on any atom is -0.411 e. The van der Waals surface area contributed by atoms with Gasteiger partial charge in [0.2, 0.25) is 0 Å². The van der Waals surface area contributed by atoms with Crippen molar-refractivity contribution < 1.29 is 5.21 Å². The second-order valence-corrected chi connectivity index (χ2v) is 4.47. The Labute approximate surface area is 111 Å². The van der Waals surface area contributed by atoms with Gasteiger partial charge in [-0.05, 0) is 18.6 Å². The van der Waals surface area contributed by atoms with Gasteiger partial charge in [0.15, 0.2) is 0 Å². The van der Waals surface area contributed by atoms with E-state index >= 15 is 0 Å². The molecule has 0 aliphatic heterocycles. The first kappa shape index (κ1) is 11.5. The average Bonchev–Trinajstić information content (AvgIpc) is 2.87. The lowest BCUT2D eigenvalue weighted by atomic mass is 10.0. The third-order valence-corrected chi connectivity index (χ3v) is 3.28. The van der Waals surface area contributed by atoms with Crippen LogP contribution in [0.1, 0.15) is 12.5 Å². The molecule has 19 heavy (non-hydrogen) atoms. The Morgan fingerprint density at radius 2 is 1.68 bits per heavy atom. The molecule has 3 nitrogen and oxygen atoms in total. The summed E-state index contributed by atoms with van der Waals surface area (Å²) in [7, 11) is 0. The molecule has 3 aromatic rings. The number of nitrogens with one attached hydrogen (secondary N) is 1. The van der Waals surface area contributed by atoms with Crippen LogP contribution in [0.25, 0.3) is 22.2 Å². The van der Waals surface area contributed by atoms with Gasteiger partial charge in [0.1, 0.15) is 0 Å². The number of H-pyrrole nitrogens is 1. The SMILES string of the molecule is CC(=NO)c1c(-c2ccccc2)[nH]c2ccccc12. The average molecular weight is 250 g/mol. The maximum absolute atomic E-state index is 9.11. The zero-order chi connectivity index (χ0) is 13.2. The summed E-state index contributed by atoms with van der Waals surface area (Å²) in [5.41, 5.74) is 4.66. The number of hydrogen-bond acceptors (Lipinski definition) is 2. The molecule has 0 unspecified atom stereocenters. The van der Waals surface area contributed by atoms with E-state index in [0.29, 0.717) is 5.71 Å². The molecule has 0 saturated carbocycles. The van der Waals surface area contributed by atoms with Gasteiger partial charge in [-0.2, -0.15) is 0 Å². The summed E-state index contributed by atoms with van der Waals surface area (Å²) in [6.07, 6.45) is 0. The van der Waals surface area contributed by atoms with Crippen LogP contribution in [0.5, 0.6) is 0 Å². The van der Waals surface area contributed by atoms with Crippen molar-refractivity contribution in [2.45, 2.75) is 6.92 Å². The molecule has 94 valence electrons. The van der Waals surface area contributed by atoms with Crippen LogP contribution in [-0.2, 0) is 0 Å². The van der Waals surface area contributed by atoms with Gasteiger partial charge in [-0.25, -0.2) is 0 Å². The van der Waals surface area contributed by atoms with E-state index in [2.05, 4.69) is 10.1 Å². The summed E-state index contributed by atoms with van der Waals surface area (Å²) < 4.78 is 0. The Hall–Kier alpha value is -2.55. The Bertz CT molecular complexity index is 742. The Balaban J connectivity index is 2.36. The number of aromatic amines is 1. The molecule has 2 aromatic carbocycles. The molecule has 0 bridgehead atoms. The van der Waals surface area contributed by atoms with Crippen molar-refractivity contribution in [2.75, 3.05) is 0 Å². The second-order valence-electron chi connectivity index (χ2n) is 4.47. The van der Waals surface area contributed by atoms with Gasteiger partial charge in [0, 0.05) is 16.5 Å². The molecule has 2 N–H and O–H groups in total. The smallest absolute Gasteiger partial charge is 0.0864 e. The molecule has 3 rings (SSSR count). The summed E-state index contributed by atoms with van der Waals surface area (Å²) >= 11 is 0. The fraction of sp³-hybridized carbons (Fsp3) is 0.0625. The predicted octanol–water partition coefficient (Wildman–Crippen LogP) is 4.03. The lowest BCUT2D eigenvalue weighted by molar-refractivity contribution is 0.319. The number of benzene rings is 2. The van der Waals surface area contributed by atoms with E-state index in [4.69, 9.17) is 5.21 Å². The van der Waals surface area contributed by atoms with E-state index in [1.54, 1.807) is 0 Å². The lowest BCUT2D eigenvalue weighted by Gasteiger charge is -2.03. The highest BCUT2D eigenvalue weighted by Gasteiger charge is 2.15. The van der Waals surface area contributed by atoms with Crippen molar-refractivity contribution >= 4 is 16.6 Å². The fourth-order valence-electron chi connectivity index (χ4n) is 2.39. The van der Waals surface area contributed by atoms with Crippen LogP contribution >= 0.6 is 0 Å². The summed E-state index contributed by atoms with van der Waals surface area (Å²) in [5.74, 6) is 0. The molecular weight excluding hydrogens is 236 g/mol. The molecule has 1 heterocycles. The Morgan fingerprint density at radius 1 is 1.00 bits per heavy atom. The van der Waals surface area contributed by atoms with Gasteiger partial charge >= 0.3 is 0 Å². The molecule has 0 radical (unpaired) electrons. The molecule has 0 amide bonds. The lowest BCUT2D eigenvalue weighted by Crippen LogP contribution is -1.96. The minimum absolute atomic E-state index is 0.608. The quantitative estimate of drug-likeness (QED) is 0.402. The van der Waals surface area contributed by atoms with E-state index in [9.17, 15) is 0 Å². The van der Waals surface area contributed by atoms with Gasteiger partial charge in [-0.15, -0.1) is 0 Å². The zero-order valence-electron chi connectivity index (χ0n) is 10.6. The first-order valence-electron chi connectivity index (χ1n) is 6.16. The van der Waals surface area contributed by atoms with E-state index in [-0.39, 0.29) is 0 Å². The number of rotatable bonds is 2. The van der Waals surface area contributed by atoms with E-state index in [0.717, 1.165) is 27.7 Å². The van der Waals surface area contributed by atoms with Gasteiger partial charge < -0.3 is 10.2 Å². The number of fused-ring (bicyclic) bond motifs is 1. The van der Waals surface area contributed by atoms with Crippen molar-refractivity contribution in [1.29, 1.82) is 0 Å². The summed E-state index contributed by atoms with van der Waals surface area (Å²) in [6.45, 7) is 1.81. The third-order valence-electron chi connectivity index (χ3n) is 3.28. The van der Waals surface area contributed by atoms with E-state index in [1.807, 2.05) is 61.5 Å². The topological polar surface area (TPSA) is 48.4 Å². The van der Waals surface area contributed by atoms with Crippen molar-refractivity contribution in [3.8, 4) is 11.3 Å². The van der Waals surface area contributed by atoms with Crippen LogP contribution in [0.2, 0.25) is 0 Å². The second kappa shape index (κ2) is 4.61. The number of aromatic nitrogens is 1. The molecule has 1 aromatic heterocycles. The third kappa shape index (κ3) is 1.89. The van der Waals surface area contributed by atoms with Crippen LogP contribution in [0.4, 0.5) is 0 Å². The van der Waals surface area contributed by atoms with Crippen molar-refractivity contribution in [1.82, 2.24) is 4.98 Å². The predicted molar refractivity (Wildman–Crippen MR) is 77.7 cm³/mol. The van der Waals surface area contributed by atoms with Gasteiger partial charge in [0.25, 0.3) is 0 Å². The van der Waals surface area contributed by atoms with E-state index < -0.39 is 0 Å². The molecule has 3 heteroatoms. The highest BCUT2D eigenvalue weighted by molar-refractivity contribution is 6.14. The maximum Gasteiger partial charge on any atom is 0.0864 e. The van der Waals surface area contributed by atoms with Crippen LogP contribution < -0.4 is 0 Å². The van der Waals surface area contributed by atoms with Crippen LogP contribution in [0.3, 0.4) is 0 Å². The van der Waals surface area contributed by atoms with Crippen molar-refractivity contribution in [3.05, 3.63) is 60.2 Å². The minimum atomic E-state index is 0.608. The van der Waals surface area contributed by atoms with Crippen molar-refractivity contribution in [3.63, 3.8) is 0 Å². The fourth-order valence-corrected chi connectivity index (χ4v) is 2.39. The van der Waals surface area contributed by atoms with Crippen molar-refractivity contribution in [2.24, 2.45) is 5.16 Å². The number of para-hydroxylation sites is 1. The summed E-state index contributed by atoms with van der Waals surface area (Å²) in [5, 5.41) is 13.5.